The van der Waals surface area contributed by atoms with Crippen LogP contribution in [0.4, 0.5) is 0 Å². The Bertz CT molecular complexity index is 1250. The van der Waals surface area contributed by atoms with Gasteiger partial charge in [-0.1, -0.05) is 146 Å². The second kappa shape index (κ2) is 34.5. The third kappa shape index (κ3) is 29.5. The third-order valence-electron chi connectivity index (χ3n) is 9.66. The monoisotopic (exact) mass is 829 g/mol. The van der Waals surface area contributed by atoms with E-state index in [9.17, 15) is 37.9 Å². The first-order valence-corrected chi connectivity index (χ1v) is 23.3. The first kappa shape index (κ1) is 52.6. The molecule has 0 bridgehead atoms. The van der Waals surface area contributed by atoms with Crippen molar-refractivity contribution in [3.8, 4) is 0 Å². The number of hydrogen-bond donors (Lipinski definition) is 4. The Morgan fingerprint density at radius 3 is 1.61 bits per heavy atom. The molecule has 2 unspecified atom stereocenters. The van der Waals surface area contributed by atoms with Crippen molar-refractivity contribution in [3.05, 3.63) is 48.6 Å². The van der Waals surface area contributed by atoms with Crippen molar-refractivity contribution in [1.29, 1.82) is 0 Å². The maximum absolute atomic E-state index is 12.8. The van der Waals surface area contributed by atoms with Crippen molar-refractivity contribution >= 4 is 22.1 Å². The van der Waals surface area contributed by atoms with E-state index in [0.29, 0.717) is 19.3 Å². The van der Waals surface area contributed by atoms with Crippen molar-refractivity contribution in [2.24, 2.45) is 0 Å². The highest BCUT2D eigenvalue weighted by molar-refractivity contribution is 7.85. The van der Waals surface area contributed by atoms with Crippen molar-refractivity contribution < 1.29 is 56.8 Å². The molecule has 57 heavy (non-hydrogen) atoms. The van der Waals surface area contributed by atoms with Gasteiger partial charge in [0.25, 0.3) is 10.1 Å². The van der Waals surface area contributed by atoms with E-state index in [0.717, 1.165) is 44.9 Å². The van der Waals surface area contributed by atoms with E-state index in [2.05, 4.69) is 50.3 Å². The topological polar surface area (TPSA) is 186 Å². The number of unbranched alkanes of at least 4 members (excludes halogenated alkanes) is 15. The van der Waals surface area contributed by atoms with E-state index in [-0.39, 0.29) is 19.4 Å². The summed E-state index contributed by atoms with van der Waals surface area (Å²) in [7, 11) is -4.61. The van der Waals surface area contributed by atoms with Gasteiger partial charge in [-0.15, -0.1) is 0 Å². The van der Waals surface area contributed by atoms with Crippen molar-refractivity contribution in [2.75, 3.05) is 19.0 Å². The Kier molecular flexibility index (Phi) is 31.8. The standard InChI is InChI=1S/C44H76O12S/c1-3-5-7-9-11-13-15-17-18-19-20-21-23-24-26-28-30-32-39(45)53-34-37(35-54-44-43(49)42(48)41(47)38(56-44)36-57(50,51)52)55-40(46)33-31-29-27-25-22-16-14-12-10-8-6-4-2/h11,13,17-18,20-21,24,26,37-38,41-44,47-49H,3-10,12,14-16,19,22-23,25,27-36H2,1-2H3,(H,50,51,52)/b13-11+,18-17+,21-20+,26-24+/t37-,38-,41-,42?,43?,44+/m1/s1. The van der Waals surface area contributed by atoms with Crippen molar-refractivity contribution in [1.82, 2.24) is 0 Å². The molecule has 1 saturated heterocycles. The van der Waals surface area contributed by atoms with Crippen LogP contribution < -0.4 is 0 Å². The number of rotatable bonds is 35. The lowest BCUT2D eigenvalue weighted by molar-refractivity contribution is -0.297. The predicted octanol–water partition coefficient (Wildman–Crippen LogP) is 8.39. The molecule has 0 aromatic rings. The van der Waals surface area contributed by atoms with Crippen LogP contribution in [0.15, 0.2) is 48.6 Å². The summed E-state index contributed by atoms with van der Waals surface area (Å²) in [4.78, 5) is 25.3. The molecule has 6 atom stereocenters. The number of hydrogen-bond acceptors (Lipinski definition) is 11. The summed E-state index contributed by atoms with van der Waals surface area (Å²) in [6, 6.07) is 0. The number of aliphatic hydroxyl groups is 3. The van der Waals surface area contributed by atoms with Gasteiger partial charge in [-0.3, -0.25) is 14.1 Å². The van der Waals surface area contributed by atoms with Crippen molar-refractivity contribution in [3.63, 3.8) is 0 Å². The Morgan fingerprint density at radius 2 is 1.07 bits per heavy atom. The molecule has 1 heterocycles. The zero-order valence-corrected chi connectivity index (χ0v) is 35.7. The van der Waals surface area contributed by atoms with Gasteiger partial charge in [-0.25, -0.2) is 0 Å². The van der Waals surface area contributed by atoms with Gasteiger partial charge in [0.2, 0.25) is 0 Å². The van der Waals surface area contributed by atoms with E-state index < -0.39 is 71.2 Å². The molecule has 330 valence electrons. The number of allylic oxidation sites excluding steroid dienone is 8. The van der Waals surface area contributed by atoms with Crippen LogP contribution in [0.25, 0.3) is 0 Å². The average Bonchev–Trinajstić information content (AvgIpc) is 3.17. The number of carbonyl (C=O) groups is 2. The van der Waals surface area contributed by atoms with Crippen LogP contribution in [0.5, 0.6) is 0 Å². The zero-order valence-electron chi connectivity index (χ0n) is 34.9. The van der Waals surface area contributed by atoms with Gasteiger partial charge in [-0.05, 0) is 51.4 Å². The number of ether oxygens (including phenoxy) is 4. The Hall–Kier alpha value is -2.39. The number of esters is 2. The molecule has 1 fully saturated rings. The molecule has 0 aromatic carbocycles. The van der Waals surface area contributed by atoms with E-state index in [1.54, 1.807) is 0 Å². The van der Waals surface area contributed by atoms with Gasteiger partial charge < -0.3 is 34.3 Å². The molecule has 0 aromatic heterocycles. The fourth-order valence-electron chi connectivity index (χ4n) is 6.26. The maximum Gasteiger partial charge on any atom is 0.306 e. The average molecular weight is 829 g/mol. The van der Waals surface area contributed by atoms with Gasteiger partial charge in [-0.2, -0.15) is 8.42 Å². The maximum atomic E-state index is 12.8. The highest BCUT2D eigenvalue weighted by atomic mass is 32.2. The Morgan fingerprint density at radius 1 is 0.596 bits per heavy atom. The molecule has 13 heteroatoms. The third-order valence-corrected chi connectivity index (χ3v) is 10.4. The summed E-state index contributed by atoms with van der Waals surface area (Å²) in [6.45, 7) is 3.66. The summed E-state index contributed by atoms with van der Waals surface area (Å²) >= 11 is 0. The molecular formula is C44H76O12S. The van der Waals surface area contributed by atoms with E-state index in [1.807, 2.05) is 12.2 Å². The summed E-state index contributed by atoms with van der Waals surface area (Å²) in [6.07, 6.45) is 30.2. The number of carbonyl (C=O) groups excluding carboxylic acids is 2. The molecule has 1 rings (SSSR count). The summed E-state index contributed by atoms with van der Waals surface area (Å²) in [5.41, 5.74) is 0. The molecule has 0 spiro atoms. The fourth-order valence-corrected chi connectivity index (χ4v) is 6.95. The van der Waals surface area contributed by atoms with Crippen LogP contribution in [0, 0.1) is 0 Å². The molecule has 12 nitrogen and oxygen atoms in total. The van der Waals surface area contributed by atoms with Gasteiger partial charge in [0.05, 0.1) is 6.61 Å². The molecule has 4 N–H and O–H groups in total. The normalized spacial score (nSPS) is 21.0. The molecule has 0 radical (unpaired) electrons. The van der Waals surface area contributed by atoms with Crippen LogP contribution in [-0.2, 0) is 38.7 Å². The summed E-state index contributed by atoms with van der Waals surface area (Å²) in [5, 5.41) is 30.8. The molecular weight excluding hydrogens is 753 g/mol. The van der Waals surface area contributed by atoms with Gasteiger partial charge >= 0.3 is 11.9 Å². The molecule has 1 aliphatic heterocycles. The largest absolute Gasteiger partial charge is 0.462 e. The Labute approximate surface area is 343 Å². The highest BCUT2D eigenvalue weighted by Crippen LogP contribution is 2.24. The van der Waals surface area contributed by atoms with Gasteiger partial charge in [0.1, 0.15) is 36.8 Å². The zero-order chi connectivity index (χ0) is 42.0. The molecule has 0 aliphatic carbocycles. The Balaban J connectivity index is 2.51. The van der Waals surface area contributed by atoms with Crippen LogP contribution in [-0.4, -0.2) is 96.0 Å². The first-order valence-electron chi connectivity index (χ1n) is 21.7. The molecule has 0 amide bonds. The first-order chi connectivity index (χ1) is 27.5. The van der Waals surface area contributed by atoms with Gasteiger partial charge in [0.15, 0.2) is 12.4 Å². The lowest BCUT2D eigenvalue weighted by atomic mass is 10.00. The van der Waals surface area contributed by atoms with Crippen molar-refractivity contribution in [2.45, 2.75) is 198 Å². The smallest absolute Gasteiger partial charge is 0.306 e. The molecule has 0 saturated carbocycles. The SMILES string of the molecule is CCCCC/C=C/C/C=C/C/C=C/C/C=C/CCCC(=O)OC[C@H](CO[C@H]1O[C@H](CS(=O)(=O)O)[C@@H](O)C(O)C1O)OC(=O)CCCCCCCCCCCCCC. The minimum Gasteiger partial charge on any atom is -0.462 e. The summed E-state index contributed by atoms with van der Waals surface area (Å²) in [5.74, 6) is -2.06. The quantitative estimate of drug-likeness (QED) is 0.0207. The molecule has 1 aliphatic rings. The lowest BCUT2D eigenvalue weighted by Gasteiger charge is -2.40. The highest BCUT2D eigenvalue weighted by Gasteiger charge is 2.46. The minimum atomic E-state index is -4.61. The van der Waals surface area contributed by atoms with Gasteiger partial charge in [0, 0.05) is 12.8 Å². The van der Waals surface area contributed by atoms with Crippen LogP contribution in [0.1, 0.15) is 162 Å². The predicted molar refractivity (Wildman–Crippen MR) is 224 cm³/mol. The second-order valence-corrected chi connectivity index (χ2v) is 16.5. The lowest BCUT2D eigenvalue weighted by Crippen LogP contribution is -2.60. The van der Waals surface area contributed by atoms with E-state index >= 15 is 0 Å². The van der Waals surface area contributed by atoms with Crippen LogP contribution in [0.3, 0.4) is 0 Å². The van der Waals surface area contributed by atoms with Crippen LogP contribution >= 0.6 is 0 Å². The number of aliphatic hydroxyl groups excluding tert-OH is 3. The fraction of sp³-hybridized carbons (Fsp3) is 0.773. The van der Waals surface area contributed by atoms with E-state index in [1.165, 1.54) is 70.6 Å². The van der Waals surface area contributed by atoms with Crippen LogP contribution in [0.2, 0.25) is 0 Å². The minimum absolute atomic E-state index is 0.143. The van der Waals surface area contributed by atoms with E-state index in [4.69, 9.17) is 18.9 Å². The second-order valence-electron chi connectivity index (χ2n) is 15.0. The summed E-state index contributed by atoms with van der Waals surface area (Å²) < 4.78 is 53.9.